The molecule has 0 saturated heterocycles. The van der Waals surface area contributed by atoms with Crippen LogP contribution in [-0.4, -0.2) is 6.54 Å². The first-order valence-electron chi connectivity index (χ1n) is 5.77. The van der Waals surface area contributed by atoms with Gasteiger partial charge in [0.2, 0.25) is 0 Å². The number of hydrogen-bond donors (Lipinski definition) is 1. The van der Waals surface area contributed by atoms with Crippen molar-refractivity contribution in [3.8, 4) is 0 Å². The van der Waals surface area contributed by atoms with Crippen LogP contribution in [0, 0.1) is 23.5 Å². The highest BCUT2D eigenvalue weighted by atomic mass is 19.2. The summed E-state index contributed by atoms with van der Waals surface area (Å²) in [5.74, 6) is -0.0200. The van der Waals surface area contributed by atoms with Crippen molar-refractivity contribution in [3.63, 3.8) is 0 Å². The predicted molar refractivity (Wildman–Crippen MR) is 60.0 cm³/mol. The molecule has 1 aliphatic carbocycles. The van der Waals surface area contributed by atoms with Crippen LogP contribution in [0.15, 0.2) is 18.2 Å². The Balaban J connectivity index is 1.97. The molecule has 0 amide bonds. The molecule has 1 N–H and O–H groups in total. The minimum absolute atomic E-state index is 0.136. The Morgan fingerprint density at radius 2 is 2.12 bits per heavy atom. The lowest BCUT2D eigenvalue weighted by Crippen LogP contribution is -2.22. The summed E-state index contributed by atoms with van der Waals surface area (Å²) in [6, 6.07) is 4.19. The summed E-state index contributed by atoms with van der Waals surface area (Å²) in [5, 5.41) is 3.25. The van der Waals surface area contributed by atoms with Gasteiger partial charge in [-0.2, -0.15) is 0 Å². The molecule has 0 bridgehead atoms. The molecule has 0 radical (unpaired) electrons. The summed E-state index contributed by atoms with van der Waals surface area (Å²) in [6.45, 7) is 4.96. The Morgan fingerprint density at radius 1 is 1.44 bits per heavy atom. The minimum atomic E-state index is -0.772. The van der Waals surface area contributed by atoms with Crippen LogP contribution in [0.4, 0.5) is 8.78 Å². The van der Waals surface area contributed by atoms with Crippen LogP contribution in [0.3, 0.4) is 0 Å². The molecule has 2 rings (SSSR count). The number of rotatable bonds is 4. The van der Waals surface area contributed by atoms with E-state index in [9.17, 15) is 8.78 Å². The molecular formula is C13H17F2N. The highest BCUT2D eigenvalue weighted by Crippen LogP contribution is 2.37. The van der Waals surface area contributed by atoms with Crippen molar-refractivity contribution in [3.05, 3.63) is 35.4 Å². The van der Waals surface area contributed by atoms with Crippen LogP contribution in [0.5, 0.6) is 0 Å². The van der Waals surface area contributed by atoms with Gasteiger partial charge in [0.1, 0.15) is 0 Å². The second kappa shape index (κ2) is 4.50. The Labute approximate surface area is 94.9 Å². The first-order chi connectivity index (χ1) is 7.59. The van der Waals surface area contributed by atoms with E-state index in [0.717, 1.165) is 18.5 Å². The average Bonchev–Trinajstić information content (AvgIpc) is 2.95. The van der Waals surface area contributed by atoms with Crippen LogP contribution in [-0.2, 0) is 0 Å². The minimum Gasteiger partial charge on any atom is -0.310 e. The normalized spacial score (nSPS) is 25.5. The fourth-order valence-electron chi connectivity index (χ4n) is 1.98. The number of nitrogens with one attached hydrogen (secondary N) is 1. The van der Waals surface area contributed by atoms with E-state index in [0.29, 0.717) is 11.5 Å². The van der Waals surface area contributed by atoms with Crippen molar-refractivity contribution in [2.24, 2.45) is 11.8 Å². The zero-order chi connectivity index (χ0) is 11.7. The molecule has 3 unspecified atom stereocenters. The van der Waals surface area contributed by atoms with Gasteiger partial charge in [0.15, 0.2) is 11.6 Å². The maximum Gasteiger partial charge on any atom is 0.163 e. The third-order valence-corrected chi connectivity index (χ3v) is 3.41. The van der Waals surface area contributed by atoms with Crippen molar-refractivity contribution < 1.29 is 8.78 Å². The monoisotopic (exact) mass is 225 g/mol. The highest BCUT2D eigenvalue weighted by Gasteiger charge is 2.32. The maximum absolute atomic E-state index is 13.5. The highest BCUT2D eigenvalue weighted by molar-refractivity contribution is 5.22. The van der Waals surface area contributed by atoms with Gasteiger partial charge in [-0.15, -0.1) is 0 Å². The topological polar surface area (TPSA) is 12.0 Å². The van der Waals surface area contributed by atoms with Crippen LogP contribution in [0.1, 0.15) is 31.9 Å². The van der Waals surface area contributed by atoms with E-state index in [2.05, 4.69) is 12.2 Å². The lowest BCUT2D eigenvalue weighted by molar-refractivity contribution is 0.466. The lowest BCUT2D eigenvalue weighted by Gasteiger charge is -2.15. The Hall–Kier alpha value is -0.960. The van der Waals surface area contributed by atoms with Gasteiger partial charge in [0, 0.05) is 11.6 Å². The van der Waals surface area contributed by atoms with E-state index >= 15 is 0 Å². The van der Waals surface area contributed by atoms with Crippen LogP contribution >= 0.6 is 0 Å². The van der Waals surface area contributed by atoms with E-state index in [1.807, 2.05) is 6.92 Å². The van der Waals surface area contributed by atoms with E-state index < -0.39 is 11.6 Å². The fraction of sp³-hybridized carbons (Fsp3) is 0.538. The van der Waals surface area contributed by atoms with Gasteiger partial charge in [-0.05, 0) is 37.8 Å². The first-order valence-corrected chi connectivity index (χ1v) is 5.77. The van der Waals surface area contributed by atoms with Crippen molar-refractivity contribution in [2.45, 2.75) is 26.3 Å². The SMILES string of the molecule is CC(NCC1CC1C)c1cccc(F)c1F. The summed E-state index contributed by atoms with van der Waals surface area (Å²) in [5.41, 5.74) is 0.410. The van der Waals surface area contributed by atoms with Gasteiger partial charge in [-0.3, -0.25) is 0 Å². The number of benzene rings is 1. The Morgan fingerprint density at radius 3 is 2.75 bits per heavy atom. The summed E-state index contributed by atoms with van der Waals surface area (Å²) < 4.78 is 26.5. The molecule has 3 heteroatoms. The van der Waals surface area contributed by atoms with Crippen molar-refractivity contribution in [2.75, 3.05) is 6.54 Å². The van der Waals surface area contributed by atoms with Gasteiger partial charge in [-0.1, -0.05) is 19.1 Å². The van der Waals surface area contributed by atoms with Gasteiger partial charge in [0.25, 0.3) is 0 Å². The molecule has 0 heterocycles. The molecule has 1 saturated carbocycles. The van der Waals surface area contributed by atoms with Gasteiger partial charge >= 0.3 is 0 Å². The first kappa shape index (κ1) is 11.5. The fourth-order valence-corrected chi connectivity index (χ4v) is 1.98. The summed E-state index contributed by atoms with van der Waals surface area (Å²) in [6.07, 6.45) is 1.24. The summed E-state index contributed by atoms with van der Waals surface area (Å²) in [4.78, 5) is 0. The third-order valence-electron chi connectivity index (χ3n) is 3.41. The molecule has 0 spiro atoms. The third kappa shape index (κ3) is 2.40. The van der Waals surface area contributed by atoms with Crippen molar-refractivity contribution in [1.29, 1.82) is 0 Å². The van der Waals surface area contributed by atoms with E-state index in [-0.39, 0.29) is 6.04 Å². The molecule has 1 aliphatic rings. The van der Waals surface area contributed by atoms with Crippen LogP contribution in [0.2, 0.25) is 0 Å². The van der Waals surface area contributed by atoms with Gasteiger partial charge in [-0.25, -0.2) is 8.78 Å². The molecule has 1 nitrogen and oxygen atoms in total. The van der Waals surface area contributed by atoms with E-state index in [1.54, 1.807) is 12.1 Å². The van der Waals surface area contributed by atoms with E-state index in [4.69, 9.17) is 0 Å². The predicted octanol–water partition coefficient (Wildman–Crippen LogP) is 3.27. The molecule has 3 atom stereocenters. The Bertz CT molecular complexity index is 378. The largest absolute Gasteiger partial charge is 0.310 e. The molecule has 0 aliphatic heterocycles. The smallest absolute Gasteiger partial charge is 0.163 e. The summed E-state index contributed by atoms with van der Waals surface area (Å²) in [7, 11) is 0. The quantitative estimate of drug-likeness (QED) is 0.829. The van der Waals surface area contributed by atoms with Gasteiger partial charge < -0.3 is 5.32 Å². The van der Waals surface area contributed by atoms with Crippen LogP contribution < -0.4 is 5.32 Å². The molecule has 0 aromatic heterocycles. The summed E-state index contributed by atoms with van der Waals surface area (Å²) >= 11 is 0. The van der Waals surface area contributed by atoms with Crippen LogP contribution in [0.25, 0.3) is 0 Å². The zero-order valence-corrected chi connectivity index (χ0v) is 9.63. The molecular weight excluding hydrogens is 208 g/mol. The zero-order valence-electron chi connectivity index (χ0n) is 9.63. The molecule has 1 aromatic carbocycles. The molecule has 1 aromatic rings. The molecule has 16 heavy (non-hydrogen) atoms. The maximum atomic E-state index is 13.5. The molecule has 1 fully saturated rings. The standard InChI is InChI=1S/C13H17F2N/c1-8-6-10(8)7-16-9(2)11-4-3-5-12(14)13(11)15/h3-5,8-10,16H,6-7H2,1-2H3. The average molecular weight is 225 g/mol. The lowest BCUT2D eigenvalue weighted by atomic mass is 10.1. The Kier molecular flexibility index (Phi) is 3.24. The second-order valence-electron chi connectivity index (χ2n) is 4.75. The van der Waals surface area contributed by atoms with Crippen molar-refractivity contribution in [1.82, 2.24) is 5.32 Å². The van der Waals surface area contributed by atoms with Gasteiger partial charge in [0.05, 0.1) is 0 Å². The molecule has 88 valence electrons. The van der Waals surface area contributed by atoms with Crippen molar-refractivity contribution >= 4 is 0 Å². The van der Waals surface area contributed by atoms with E-state index in [1.165, 1.54) is 6.42 Å². The second-order valence-corrected chi connectivity index (χ2v) is 4.75. The number of hydrogen-bond acceptors (Lipinski definition) is 1. The number of halogens is 2.